The minimum absolute atomic E-state index is 0.339. The molecule has 3 aromatic heterocycles. The number of aliphatic carboxylic acids is 1. The molecule has 6 rings (SSSR count). The van der Waals surface area contributed by atoms with Gasteiger partial charge in [0.1, 0.15) is 21.7 Å². The molecule has 0 aliphatic heterocycles. The van der Waals surface area contributed by atoms with Crippen molar-refractivity contribution in [3.8, 4) is 11.8 Å². The van der Waals surface area contributed by atoms with Gasteiger partial charge in [0.05, 0.1) is 6.10 Å². The van der Waals surface area contributed by atoms with Crippen molar-refractivity contribution in [2.75, 3.05) is 5.32 Å². The molecule has 8 nitrogen and oxygen atoms in total. The van der Waals surface area contributed by atoms with Gasteiger partial charge in [-0.05, 0) is 49.3 Å². The van der Waals surface area contributed by atoms with Crippen molar-refractivity contribution >= 4 is 55.0 Å². The highest BCUT2D eigenvalue weighted by molar-refractivity contribution is 7.26. The second kappa shape index (κ2) is 9.28. The number of benzene rings is 2. The Bertz CT molecular complexity index is 1640. The molecule has 1 saturated carbocycles. The number of aromatic nitrogens is 2. The first-order valence-corrected chi connectivity index (χ1v) is 13.3. The molecule has 2 aromatic carbocycles. The van der Waals surface area contributed by atoms with Crippen LogP contribution >= 0.6 is 22.7 Å². The zero-order valence-corrected chi connectivity index (χ0v) is 21.2. The fourth-order valence-corrected chi connectivity index (χ4v) is 6.22. The first-order valence-electron chi connectivity index (χ1n) is 11.6. The molecule has 0 radical (unpaired) electrons. The number of para-hydroxylation sites is 1. The molecule has 186 valence electrons. The predicted octanol–water partition coefficient (Wildman–Crippen LogP) is 5.48. The minimum atomic E-state index is -1.30. The van der Waals surface area contributed by atoms with E-state index >= 15 is 0 Å². The number of hydrogen-bond acceptors (Lipinski definition) is 9. The Kier molecular flexibility index (Phi) is 5.93. The quantitative estimate of drug-likeness (QED) is 0.187. The standard InChI is InChI=1S/C27H21N3O5S2/c1-15(16-7-3-2-4-8-16)34-26(33)29-21-17-9-5-6-10-18(17)35-19(21)11-12-20-28-22-23(36-20)30-24(37-22)27(13-14-27)25(31)32/h2-10,15,26,29,33H,13-14H2,1H3,(H,31,32). The Hall–Kier alpha value is -3.75. The summed E-state index contributed by atoms with van der Waals surface area (Å²) < 4.78 is 11.7. The molecule has 0 spiro atoms. The molecule has 5 aromatic rings. The number of furan rings is 1. The Morgan fingerprint density at radius 1 is 1.08 bits per heavy atom. The van der Waals surface area contributed by atoms with Crippen LogP contribution < -0.4 is 5.32 Å². The molecule has 37 heavy (non-hydrogen) atoms. The minimum Gasteiger partial charge on any atom is -0.481 e. The normalized spacial score (nSPS) is 15.7. The summed E-state index contributed by atoms with van der Waals surface area (Å²) >= 11 is 2.62. The summed E-state index contributed by atoms with van der Waals surface area (Å²) in [6.45, 7) is 1.86. The van der Waals surface area contributed by atoms with Gasteiger partial charge in [-0.3, -0.25) is 4.79 Å². The highest BCUT2D eigenvalue weighted by atomic mass is 32.1. The molecule has 0 amide bonds. The van der Waals surface area contributed by atoms with Crippen molar-refractivity contribution in [3.63, 3.8) is 0 Å². The summed E-state index contributed by atoms with van der Waals surface area (Å²) in [6.07, 6.45) is -0.421. The molecule has 1 aliphatic rings. The lowest BCUT2D eigenvalue weighted by Crippen LogP contribution is -2.24. The molecular weight excluding hydrogens is 510 g/mol. The van der Waals surface area contributed by atoms with Crippen LogP contribution in [0, 0.1) is 11.8 Å². The van der Waals surface area contributed by atoms with Gasteiger partial charge in [0.2, 0.25) is 12.2 Å². The van der Waals surface area contributed by atoms with E-state index in [0.29, 0.717) is 49.5 Å². The maximum absolute atomic E-state index is 11.6. The molecule has 3 N–H and O–H groups in total. The van der Waals surface area contributed by atoms with Crippen LogP contribution in [0.1, 0.15) is 47.2 Å². The van der Waals surface area contributed by atoms with Gasteiger partial charge in [0.25, 0.3) is 0 Å². The van der Waals surface area contributed by atoms with Crippen LogP contribution in [0.4, 0.5) is 5.69 Å². The van der Waals surface area contributed by atoms with Crippen molar-refractivity contribution < 1.29 is 24.2 Å². The van der Waals surface area contributed by atoms with E-state index < -0.39 is 17.8 Å². The molecule has 3 heterocycles. The van der Waals surface area contributed by atoms with Gasteiger partial charge in [-0.1, -0.05) is 65.1 Å². The monoisotopic (exact) mass is 531 g/mol. The Morgan fingerprint density at radius 3 is 2.54 bits per heavy atom. The van der Waals surface area contributed by atoms with Crippen LogP contribution in [0.15, 0.2) is 59.0 Å². The average Bonchev–Trinajstić information content (AvgIpc) is 3.33. The van der Waals surface area contributed by atoms with E-state index in [1.807, 2.05) is 61.5 Å². The molecule has 0 saturated heterocycles. The number of carboxylic acids is 1. The fourth-order valence-electron chi connectivity index (χ4n) is 4.08. The first-order chi connectivity index (χ1) is 17.9. The van der Waals surface area contributed by atoms with Crippen LogP contribution in [-0.4, -0.2) is 32.6 Å². The lowest BCUT2D eigenvalue weighted by atomic mass is 10.1. The van der Waals surface area contributed by atoms with Crippen molar-refractivity contribution in [1.29, 1.82) is 0 Å². The van der Waals surface area contributed by atoms with E-state index in [1.54, 1.807) is 0 Å². The second-order valence-electron chi connectivity index (χ2n) is 8.77. The van der Waals surface area contributed by atoms with Gasteiger partial charge in [0.15, 0.2) is 14.7 Å². The highest BCUT2D eigenvalue weighted by Gasteiger charge is 2.54. The van der Waals surface area contributed by atoms with Crippen molar-refractivity contribution in [2.45, 2.75) is 37.7 Å². The van der Waals surface area contributed by atoms with E-state index in [-0.39, 0.29) is 6.10 Å². The molecule has 1 fully saturated rings. The van der Waals surface area contributed by atoms with E-state index in [1.165, 1.54) is 22.7 Å². The summed E-state index contributed by atoms with van der Waals surface area (Å²) in [5.74, 6) is 5.55. The lowest BCUT2D eigenvalue weighted by molar-refractivity contribution is -0.140. The average molecular weight is 532 g/mol. The number of anilines is 1. The van der Waals surface area contributed by atoms with Crippen LogP contribution in [0.3, 0.4) is 0 Å². The van der Waals surface area contributed by atoms with E-state index in [4.69, 9.17) is 9.15 Å². The number of hydrogen-bond donors (Lipinski definition) is 3. The van der Waals surface area contributed by atoms with Crippen LogP contribution in [-0.2, 0) is 14.9 Å². The summed E-state index contributed by atoms with van der Waals surface area (Å²) in [5.41, 5.74) is 1.24. The first kappa shape index (κ1) is 23.6. The van der Waals surface area contributed by atoms with Crippen molar-refractivity contribution in [2.24, 2.45) is 0 Å². The number of rotatable bonds is 7. The number of carbonyl (C=O) groups is 1. The van der Waals surface area contributed by atoms with Crippen LogP contribution in [0.5, 0.6) is 0 Å². The number of fused-ring (bicyclic) bond motifs is 2. The van der Waals surface area contributed by atoms with Gasteiger partial charge in [0, 0.05) is 5.39 Å². The molecule has 1 aliphatic carbocycles. The van der Waals surface area contributed by atoms with E-state index in [0.717, 1.165) is 10.9 Å². The number of nitrogens with one attached hydrogen (secondary N) is 1. The van der Waals surface area contributed by atoms with Gasteiger partial charge < -0.3 is 24.7 Å². The molecule has 2 atom stereocenters. The molecule has 2 unspecified atom stereocenters. The third-order valence-electron chi connectivity index (χ3n) is 6.29. The lowest BCUT2D eigenvalue weighted by Gasteiger charge is -2.19. The van der Waals surface area contributed by atoms with Crippen LogP contribution in [0.25, 0.3) is 20.6 Å². The third kappa shape index (κ3) is 4.47. The van der Waals surface area contributed by atoms with Crippen molar-refractivity contribution in [1.82, 2.24) is 9.97 Å². The number of aliphatic hydroxyl groups is 1. The summed E-state index contributed by atoms with van der Waals surface area (Å²) in [7, 11) is 0. The predicted molar refractivity (Wildman–Crippen MR) is 142 cm³/mol. The van der Waals surface area contributed by atoms with E-state index in [2.05, 4.69) is 27.1 Å². The smallest absolute Gasteiger partial charge is 0.316 e. The fraction of sp³-hybridized carbons (Fsp3) is 0.222. The number of ether oxygens (including phenoxy) is 1. The maximum Gasteiger partial charge on any atom is 0.316 e. The van der Waals surface area contributed by atoms with Crippen molar-refractivity contribution in [3.05, 3.63) is 75.9 Å². The highest BCUT2D eigenvalue weighted by Crippen LogP contribution is 2.50. The van der Waals surface area contributed by atoms with Gasteiger partial charge >= 0.3 is 5.97 Å². The summed E-state index contributed by atoms with van der Waals surface area (Å²) in [5, 5.41) is 25.1. The summed E-state index contributed by atoms with van der Waals surface area (Å²) in [6, 6.07) is 17.1. The van der Waals surface area contributed by atoms with Gasteiger partial charge in [-0.15, -0.1) is 0 Å². The van der Waals surface area contributed by atoms with E-state index in [9.17, 15) is 15.0 Å². The Balaban J connectivity index is 1.26. The molecular formula is C27H21N3O5S2. The maximum atomic E-state index is 11.6. The number of carboxylic acid groups (broad SMARTS) is 1. The zero-order chi connectivity index (χ0) is 25.6. The van der Waals surface area contributed by atoms with Gasteiger partial charge in [-0.25, -0.2) is 9.97 Å². The molecule has 10 heteroatoms. The Labute approximate surface area is 219 Å². The topological polar surface area (TPSA) is 118 Å². The summed E-state index contributed by atoms with van der Waals surface area (Å²) in [4.78, 5) is 22.0. The van der Waals surface area contributed by atoms with Gasteiger partial charge in [-0.2, -0.15) is 0 Å². The largest absolute Gasteiger partial charge is 0.481 e. The third-order valence-corrected chi connectivity index (χ3v) is 8.44. The second-order valence-corrected chi connectivity index (χ2v) is 10.7. The van der Waals surface area contributed by atoms with Crippen LogP contribution in [0.2, 0.25) is 0 Å². The number of thiazole rings is 2. The SMILES string of the molecule is CC(OC(O)Nc1c(C#Cc2nc3sc(C4(C(=O)O)CC4)nc3s2)oc2ccccc12)c1ccccc1. The number of nitrogens with zero attached hydrogens (tertiary/aromatic N) is 2. The number of aliphatic hydroxyl groups excluding tert-OH is 1. The molecule has 0 bridgehead atoms. The Morgan fingerprint density at radius 2 is 1.81 bits per heavy atom. The zero-order valence-electron chi connectivity index (χ0n) is 19.6.